The summed E-state index contributed by atoms with van der Waals surface area (Å²) in [5.74, 6) is 0.199. The maximum Gasteiger partial charge on any atom is 0.212 e. The van der Waals surface area contributed by atoms with Crippen LogP contribution in [0.25, 0.3) is 0 Å². The van der Waals surface area contributed by atoms with E-state index >= 15 is 0 Å². The van der Waals surface area contributed by atoms with Gasteiger partial charge in [0.15, 0.2) is 0 Å². The molecule has 2 rings (SSSR count). The lowest BCUT2D eigenvalue weighted by molar-refractivity contribution is 0.397. The number of ether oxygens (including phenoxy) is 1. The lowest BCUT2D eigenvalue weighted by Crippen LogP contribution is -2.00. The van der Waals surface area contributed by atoms with Crippen LogP contribution in [0, 0.1) is 5.82 Å². The van der Waals surface area contributed by atoms with Crippen LogP contribution in [0.4, 0.5) is 10.1 Å². The van der Waals surface area contributed by atoms with Gasteiger partial charge in [0.1, 0.15) is 5.82 Å². The molecule has 94 valence electrons. The molecule has 0 fully saturated rings. The first-order chi connectivity index (χ1) is 8.67. The Labute approximate surface area is 110 Å². The van der Waals surface area contributed by atoms with Crippen LogP contribution in [-0.4, -0.2) is 12.1 Å². The smallest absolute Gasteiger partial charge is 0.212 e. The topological polar surface area (TPSA) is 34.1 Å². The number of rotatable bonds is 4. The number of halogens is 2. The van der Waals surface area contributed by atoms with Crippen molar-refractivity contribution in [3.63, 3.8) is 0 Å². The summed E-state index contributed by atoms with van der Waals surface area (Å²) >= 11 is 5.76. The van der Waals surface area contributed by atoms with Gasteiger partial charge in [-0.3, -0.25) is 0 Å². The Morgan fingerprint density at radius 2 is 2.17 bits per heavy atom. The van der Waals surface area contributed by atoms with Gasteiger partial charge in [-0.1, -0.05) is 17.7 Å². The van der Waals surface area contributed by atoms with Gasteiger partial charge in [-0.05, 0) is 23.8 Å². The minimum Gasteiger partial charge on any atom is -0.481 e. The molecule has 0 amide bonds. The SMILES string of the molecule is COc1ccc(CNc2cc(F)cc(Cl)c2)cn1. The molecule has 0 spiro atoms. The molecule has 3 nitrogen and oxygen atoms in total. The summed E-state index contributed by atoms with van der Waals surface area (Å²) in [6, 6.07) is 7.99. The highest BCUT2D eigenvalue weighted by molar-refractivity contribution is 6.30. The number of hydrogen-bond acceptors (Lipinski definition) is 3. The summed E-state index contributed by atoms with van der Waals surface area (Å²) in [5.41, 5.74) is 1.60. The molecule has 1 N–H and O–H groups in total. The Balaban J connectivity index is 2.01. The predicted molar refractivity (Wildman–Crippen MR) is 69.5 cm³/mol. The Bertz CT molecular complexity index is 511. The average Bonchev–Trinajstić information content (AvgIpc) is 2.36. The molecule has 0 aliphatic carbocycles. The van der Waals surface area contributed by atoms with Gasteiger partial charge in [-0.25, -0.2) is 9.37 Å². The molecule has 0 radical (unpaired) electrons. The fourth-order valence-corrected chi connectivity index (χ4v) is 1.72. The van der Waals surface area contributed by atoms with Crippen molar-refractivity contribution >= 4 is 17.3 Å². The molecular formula is C13H12ClFN2O. The first-order valence-corrected chi connectivity index (χ1v) is 5.74. The van der Waals surface area contributed by atoms with Gasteiger partial charge in [0, 0.05) is 29.5 Å². The molecule has 18 heavy (non-hydrogen) atoms. The fraction of sp³-hybridized carbons (Fsp3) is 0.154. The zero-order valence-corrected chi connectivity index (χ0v) is 10.5. The van der Waals surface area contributed by atoms with E-state index in [1.54, 1.807) is 25.4 Å². The molecule has 0 aliphatic heterocycles. The number of pyridine rings is 1. The van der Waals surface area contributed by atoms with Gasteiger partial charge >= 0.3 is 0 Å². The first kappa shape index (κ1) is 12.6. The van der Waals surface area contributed by atoms with Crippen molar-refractivity contribution in [2.24, 2.45) is 0 Å². The van der Waals surface area contributed by atoms with Crippen LogP contribution in [0.1, 0.15) is 5.56 Å². The van der Waals surface area contributed by atoms with Gasteiger partial charge in [0.2, 0.25) is 5.88 Å². The maximum absolute atomic E-state index is 13.1. The molecule has 1 aromatic heterocycles. The van der Waals surface area contributed by atoms with E-state index in [4.69, 9.17) is 16.3 Å². The molecule has 5 heteroatoms. The number of benzene rings is 1. The molecule has 0 saturated carbocycles. The highest BCUT2D eigenvalue weighted by Crippen LogP contribution is 2.18. The fourth-order valence-electron chi connectivity index (χ4n) is 1.50. The van der Waals surface area contributed by atoms with Gasteiger partial charge in [0.25, 0.3) is 0 Å². The van der Waals surface area contributed by atoms with Crippen molar-refractivity contribution in [2.45, 2.75) is 6.54 Å². The minimum absolute atomic E-state index is 0.363. The number of anilines is 1. The molecule has 0 atom stereocenters. The van der Waals surface area contributed by atoms with Crippen molar-refractivity contribution in [3.05, 3.63) is 52.9 Å². The standard InChI is InChI=1S/C13H12ClFN2O/c1-18-13-3-2-9(8-17-13)7-16-12-5-10(14)4-11(15)6-12/h2-6,8,16H,7H2,1H3. The quantitative estimate of drug-likeness (QED) is 0.920. The van der Waals surface area contributed by atoms with Crippen LogP contribution < -0.4 is 10.1 Å². The van der Waals surface area contributed by atoms with Crippen LogP contribution in [0.5, 0.6) is 5.88 Å². The van der Waals surface area contributed by atoms with E-state index in [0.717, 1.165) is 5.56 Å². The summed E-state index contributed by atoms with van der Waals surface area (Å²) in [5, 5.41) is 3.44. The zero-order chi connectivity index (χ0) is 13.0. The summed E-state index contributed by atoms with van der Waals surface area (Å²) in [4.78, 5) is 4.08. The van der Waals surface area contributed by atoms with Gasteiger partial charge in [-0.2, -0.15) is 0 Å². The Morgan fingerprint density at radius 1 is 1.33 bits per heavy atom. The van der Waals surface area contributed by atoms with E-state index in [1.807, 2.05) is 6.07 Å². The van der Waals surface area contributed by atoms with Crippen LogP contribution in [0.3, 0.4) is 0 Å². The van der Waals surface area contributed by atoms with E-state index in [2.05, 4.69) is 10.3 Å². The van der Waals surface area contributed by atoms with Gasteiger partial charge in [0.05, 0.1) is 7.11 Å². The first-order valence-electron chi connectivity index (χ1n) is 5.36. The van der Waals surface area contributed by atoms with Crippen LogP contribution >= 0.6 is 11.6 Å². The molecule has 0 unspecified atom stereocenters. The molecule has 1 aromatic carbocycles. The Hall–Kier alpha value is -1.81. The van der Waals surface area contributed by atoms with Crippen molar-refractivity contribution in [1.82, 2.24) is 4.98 Å². The molecule has 0 aliphatic rings. The van der Waals surface area contributed by atoms with Crippen LogP contribution in [0.2, 0.25) is 5.02 Å². The van der Waals surface area contributed by atoms with E-state index < -0.39 is 0 Å². The van der Waals surface area contributed by atoms with Crippen molar-refractivity contribution in [1.29, 1.82) is 0 Å². The van der Waals surface area contributed by atoms with Crippen LogP contribution in [0.15, 0.2) is 36.5 Å². The van der Waals surface area contributed by atoms with E-state index in [0.29, 0.717) is 23.1 Å². The Morgan fingerprint density at radius 3 is 2.78 bits per heavy atom. The van der Waals surface area contributed by atoms with Crippen LogP contribution in [-0.2, 0) is 6.54 Å². The van der Waals surface area contributed by atoms with E-state index in [-0.39, 0.29) is 5.82 Å². The maximum atomic E-state index is 13.1. The number of aromatic nitrogens is 1. The third-order valence-electron chi connectivity index (χ3n) is 2.37. The number of nitrogens with zero attached hydrogens (tertiary/aromatic N) is 1. The average molecular weight is 267 g/mol. The molecule has 0 bridgehead atoms. The lowest BCUT2D eigenvalue weighted by Gasteiger charge is -2.07. The number of hydrogen-bond donors (Lipinski definition) is 1. The lowest BCUT2D eigenvalue weighted by atomic mass is 10.2. The summed E-state index contributed by atoms with van der Waals surface area (Å²) < 4.78 is 18.1. The second-order valence-electron chi connectivity index (χ2n) is 3.72. The number of nitrogens with one attached hydrogen (secondary N) is 1. The predicted octanol–water partition coefficient (Wildman–Crippen LogP) is 3.49. The highest BCUT2D eigenvalue weighted by Gasteiger charge is 2.00. The molecule has 1 heterocycles. The third-order valence-corrected chi connectivity index (χ3v) is 2.58. The van der Waals surface area contributed by atoms with Crippen molar-refractivity contribution < 1.29 is 9.13 Å². The highest BCUT2D eigenvalue weighted by atomic mass is 35.5. The van der Waals surface area contributed by atoms with E-state index in [9.17, 15) is 4.39 Å². The third kappa shape index (κ3) is 3.34. The number of methoxy groups -OCH3 is 1. The summed E-state index contributed by atoms with van der Waals surface area (Å²) in [6.07, 6.45) is 1.70. The summed E-state index contributed by atoms with van der Waals surface area (Å²) in [7, 11) is 1.56. The zero-order valence-electron chi connectivity index (χ0n) is 9.78. The second kappa shape index (κ2) is 5.69. The van der Waals surface area contributed by atoms with E-state index in [1.165, 1.54) is 12.1 Å². The Kier molecular flexibility index (Phi) is 3.99. The van der Waals surface area contributed by atoms with Gasteiger partial charge < -0.3 is 10.1 Å². The van der Waals surface area contributed by atoms with Crippen molar-refractivity contribution in [3.8, 4) is 5.88 Å². The minimum atomic E-state index is -0.363. The molecule has 2 aromatic rings. The second-order valence-corrected chi connectivity index (χ2v) is 4.16. The molecule has 0 saturated heterocycles. The largest absolute Gasteiger partial charge is 0.481 e. The molecular weight excluding hydrogens is 255 g/mol. The van der Waals surface area contributed by atoms with Gasteiger partial charge in [-0.15, -0.1) is 0 Å². The summed E-state index contributed by atoms with van der Waals surface area (Å²) in [6.45, 7) is 0.538. The monoisotopic (exact) mass is 266 g/mol. The van der Waals surface area contributed by atoms with Crippen molar-refractivity contribution in [2.75, 3.05) is 12.4 Å². The normalized spacial score (nSPS) is 10.2.